The Morgan fingerprint density at radius 1 is 1.36 bits per heavy atom. The van der Waals surface area contributed by atoms with Gasteiger partial charge in [0.2, 0.25) is 0 Å². The Morgan fingerprint density at radius 3 is 2.80 bits per heavy atom. The summed E-state index contributed by atoms with van der Waals surface area (Å²) in [6.45, 7) is 4.46. The van der Waals surface area contributed by atoms with Crippen molar-refractivity contribution in [1.29, 1.82) is 0 Å². The Morgan fingerprint density at radius 2 is 2.16 bits per heavy atom. The third-order valence-electron chi connectivity index (χ3n) is 4.79. The van der Waals surface area contributed by atoms with Gasteiger partial charge in [0.25, 0.3) is 5.91 Å². The number of carbonyl (C=O) groups excluding carboxylic acids is 1. The fourth-order valence-electron chi connectivity index (χ4n) is 3.45. The number of methoxy groups -OCH3 is 2. The standard InChI is InChI=1S/C19H29FN2O3/c1-4-22-10-6-8-15(22)13-21-19(23)16-11-14(7-5-9-20)12-17(24-2)18(16)25-3/h11-12,15H,4-10,13H2,1-3H3,(H,21,23)/t15-/m0/s1. The van der Waals surface area contributed by atoms with Gasteiger partial charge in [0.1, 0.15) is 0 Å². The minimum absolute atomic E-state index is 0.180. The molecule has 5 nitrogen and oxygen atoms in total. The van der Waals surface area contributed by atoms with Crippen molar-refractivity contribution in [3.05, 3.63) is 23.3 Å². The van der Waals surface area contributed by atoms with Gasteiger partial charge in [-0.25, -0.2) is 0 Å². The molecule has 0 bridgehead atoms. The normalized spacial score (nSPS) is 17.5. The van der Waals surface area contributed by atoms with Crippen molar-refractivity contribution in [2.45, 2.75) is 38.6 Å². The molecule has 1 aromatic carbocycles. The lowest BCUT2D eigenvalue weighted by Gasteiger charge is -2.23. The monoisotopic (exact) mass is 352 g/mol. The first kappa shape index (κ1) is 19.5. The van der Waals surface area contributed by atoms with Crippen LogP contribution in [0.4, 0.5) is 4.39 Å². The molecule has 1 aromatic rings. The SMILES string of the molecule is CCN1CCC[C@H]1CNC(=O)c1cc(CCCF)cc(OC)c1OC. The molecular weight excluding hydrogens is 323 g/mol. The first-order chi connectivity index (χ1) is 12.1. The van der Waals surface area contributed by atoms with Crippen molar-refractivity contribution in [3.8, 4) is 11.5 Å². The zero-order chi connectivity index (χ0) is 18.2. The number of aryl methyl sites for hydroxylation is 1. The van der Waals surface area contributed by atoms with Crippen molar-refractivity contribution in [2.24, 2.45) is 0 Å². The van der Waals surface area contributed by atoms with E-state index in [4.69, 9.17) is 9.47 Å². The summed E-state index contributed by atoms with van der Waals surface area (Å²) in [5.41, 5.74) is 1.31. The molecule has 1 saturated heterocycles. The number of nitrogens with zero attached hydrogens (tertiary/aromatic N) is 1. The molecule has 1 aliphatic heterocycles. The van der Waals surface area contributed by atoms with Gasteiger partial charge in [0, 0.05) is 12.6 Å². The molecule has 0 radical (unpaired) electrons. The van der Waals surface area contributed by atoms with Gasteiger partial charge in [-0.2, -0.15) is 0 Å². The van der Waals surface area contributed by atoms with Crippen molar-refractivity contribution in [3.63, 3.8) is 0 Å². The molecule has 0 saturated carbocycles. The summed E-state index contributed by atoms with van der Waals surface area (Å²) in [5.74, 6) is 0.739. The average Bonchev–Trinajstić information content (AvgIpc) is 3.10. The molecule has 6 heteroatoms. The Bertz CT molecular complexity index is 580. The van der Waals surface area contributed by atoms with Crippen molar-refractivity contribution in [1.82, 2.24) is 10.2 Å². The van der Waals surface area contributed by atoms with E-state index in [1.807, 2.05) is 0 Å². The van der Waals surface area contributed by atoms with Gasteiger partial charge in [-0.05, 0) is 56.5 Å². The molecule has 1 fully saturated rings. The fourth-order valence-corrected chi connectivity index (χ4v) is 3.45. The predicted molar refractivity (Wildman–Crippen MR) is 96.4 cm³/mol. The highest BCUT2D eigenvalue weighted by Gasteiger charge is 2.24. The Kier molecular flexibility index (Phi) is 7.50. The minimum atomic E-state index is -0.385. The van der Waals surface area contributed by atoms with Crippen molar-refractivity contribution >= 4 is 5.91 Å². The van der Waals surface area contributed by atoms with Crippen LogP contribution in [0.15, 0.2) is 12.1 Å². The van der Waals surface area contributed by atoms with Crippen LogP contribution in [-0.4, -0.2) is 57.4 Å². The van der Waals surface area contributed by atoms with E-state index >= 15 is 0 Å². The van der Waals surface area contributed by atoms with Crippen molar-refractivity contribution < 1.29 is 18.7 Å². The summed E-state index contributed by atoms with van der Waals surface area (Å²) in [7, 11) is 3.06. The molecule has 1 aliphatic rings. The second kappa shape index (κ2) is 9.61. The molecule has 0 aliphatic carbocycles. The van der Waals surface area contributed by atoms with Crippen molar-refractivity contribution in [2.75, 3.05) is 40.5 Å². The van der Waals surface area contributed by atoms with Gasteiger partial charge >= 0.3 is 0 Å². The molecule has 25 heavy (non-hydrogen) atoms. The Labute approximate surface area is 149 Å². The molecule has 1 amide bonds. The van der Waals surface area contributed by atoms with Crippen LogP contribution < -0.4 is 14.8 Å². The van der Waals surface area contributed by atoms with E-state index in [1.54, 1.807) is 12.1 Å². The van der Waals surface area contributed by atoms with Gasteiger partial charge in [-0.1, -0.05) is 6.92 Å². The summed E-state index contributed by atoms with van der Waals surface area (Å²) in [6, 6.07) is 3.97. The molecule has 1 heterocycles. The van der Waals surface area contributed by atoms with Crippen LogP contribution >= 0.6 is 0 Å². The van der Waals surface area contributed by atoms with Crippen LogP contribution in [0, 0.1) is 0 Å². The quantitative estimate of drug-likeness (QED) is 0.742. The number of likely N-dealkylation sites (tertiary alicyclic amines) is 1. The molecule has 1 atom stereocenters. The molecule has 0 aromatic heterocycles. The Hall–Kier alpha value is -1.82. The van der Waals surface area contributed by atoms with Crippen LogP contribution in [0.5, 0.6) is 11.5 Å². The first-order valence-corrected chi connectivity index (χ1v) is 8.97. The molecule has 0 spiro atoms. The molecule has 2 rings (SSSR count). The topological polar surface area (TPSA) is 50.8 Å². The number of nitrogens with one attached hydrogen (secondary N) is 1. The summed E-state index contributed by atoms with van der Waals surface area (Å²) >= 11 is 0. The highest BCUT2D eigenvalue weighted by molar-refractivity contribution is 5.98. The predicted octanol–water partition coefficient (Wildman–Crippen LogP) is 2.82. The number of amides is 1. The number of likely N-dealkylation sites (N-methyl/N-ethyl adjacent to an activating group) is 1. The van der Waals surface area contributed by atoms with E-state index < -0.39 is 0 Å². The van der Waals surface area contributed by atoms with Crippen LogP contribution in [0.25, 0.3) is 0 Å². The number of rotatable bonds is 9. The summed E-state index contributed by atoms with van der Waals surface area (Å²) in [4.78, 5) is 15.1. The molecule has 0 unspecified atom stereocenters. The second-order valence-electron chi connectivity index (χ2n) is 6.31. The van der Waals surface area contributed by atoms with Crippen LogP contribution in [0.1, 0.15) is 42.1 Å². The van der Waals surface area contributed by atoms with E-state index in [0.717, 1.165) is 25.1 Å². The van der Waals surface area contributed by atoms with Gasteiger partial charge in [0.15, 0.2) is 11.5 Å². The summed E-state index contributed by atoms with van der Waals surface area (Å²) in [6.07, 6.45) is 3.25. The van der Waals surface area contributed by atoms with Crippen LogP contribution in [0.3, 0.4) is 0 Å². The lowest BCUT2D eigenvalue weighted by atomic mass is 10.0. The number of hydrogen-bond donors (Lipinski definition) is 1. The minimum Gasteiger partial charge on any atom is -0.493 e. The number of carbonyl (C=O) groups is 1. The average molecular weight is 352 g/mol. The maximum atomic E-state index is 12.7. The maximum absolute atomic E-state index is 12.7. The molecule has 1 N–H and O–H groups in total. The largest absolute Gasteiger partial charge is 0.493 e. The fraction of sp³-hybridized carbons (Fsp3) is 0.632. The Balaban J connectivity index is 2.15. The van der Waals surface area contributed by atoms with E-state index in [-0.39, 0.29) is 12.6 Å². The highest BCUT2D eigenvalue weighted by atomic mass is 19.1. The van der Waals surface area contributed by atoms with Crippen LogP contribution in [0.2, 0.25) is 0 Å². The highest BCUT2D eigenvalue weighted by Crippen LogP contribution is 2.33. The lowest BCUT2D eigenvalue weighted by Crippen LogP contribution is -2.40. The summed E-state index contributed by atoms with van der Waals surface area (Å²) < 4.78 is 23.2. The van der Waals surface area contributed by atoms with Gasteiger partial charge in [-0.3, -0.25) is 14.1 Å². The van der Waals surface area contributed by atoms with Crippen LogP contribution in [-0.2, 0) is 6.42 Å². The molecular formula is C19H29FN2O3. The number of halogens is 1. The first-order valence-electron chi connectivity index (χ1n) is 8.97. The van der Waals surface area contributed by atoms with Gasteiger partial charge in [0.05, 0.1) is 26.5 Å². The number of hydrogen-bond acceptors (Lipinski definition) is 4. The number of alkyl halides is 1. The maximum Gasteiger partial charge on any atom is 0.255 e. The zero-order valence-electron chi connectivity index (χ0n) is 15.4. The van der Waals surface area contributed by atoms with Gasteiger partial charge in [-0.15, -0.1) is 0 Å². The zero-order valence-corrected chi connectivity index (χ0v) is 15.4. The smallest absolute Gasteiger partial charge is 0.255 e. The number of ether oxygens (including phenoxy) is 2. The third-order valence-corrected chi connectivity index (χ3v) is 4.79. The van der Waals surface area contributed by atoms with E-state index in [9.17, 15) is 9.18 Å². The van der Waals surface area contributed by atoms with Gasteiger partial charge < -0.3 is 14.8 Å². The van der Waals surface area contributed by atoms with E-state index in [0.29, 0.717) is 42.5 Å². The molecule has 140 valence electrons. The number of benzene rings is 1. The van der Waals surface area contributed by atoms with E-state index in [1.165, 1.54) is 20.6 Å². The van der Waals surface area contributed by atoms with E-state index in [2.05, 4.69) is 17.1 Å². The lowest BCUT2D eigenvalue weighted by molar-refractivity contribution is 0.0937. The summed E-state index contributed by atoms with van der Waals surface area (Å²) in [5, 5.41) is 3.02. The third kappa shape index (κ3) is 4.84. The second-order valence-corrected chi connectivity index (χ2v) is 6.31.